The van der Waals surface area contributed by atoms with E-state index in [2.05, 4.69) is 66.7 Å². The standard InChI is InChI=1S/C20H19N3OS3Si/c1-2-17-10-6-11-19(18-8-4-3-5-9-18)20(17)24-12-7-13-28(21-14-25,22-15-26)23-16-27/h3-6,8-11H,2,7,12-13H2,1H3. The number of para-hydroxylation sites is 1. The highest BCUT2D eigenvalue weighted by Crippen LogP contribution is 2.34. The molecule has 0 aliphatic heterocycles. The number of aryl methyl sites for hydroxylation is 1. The van der Waals surface area contributed by atoms with E-state index in [-0.39, 0.29) is 0 Å². The first-order valence-corrected chi connectivity index (χ1v) is 12.0. The van der Waals surface area contributed by atoms with Crippen LogP contribution >= 0.6 is 36.7 Å². The lowest BCUT2D eigenvalue weighted by atomic mass is 10.0. The minimum absolute atomic E-state index is 0.485. The zero-order valence-electron chi connectivity index (χ0n) is 15.4. The number of nitrogens with zero attached hydrogens (tertiary/aromatic N) is 3. The molecule has 0 saturated heterocycles. The smallest absolute Gasteiger partial charge is 0.461 e. The summed E-state index contributed by atoms with van der Waals surface area (Å²) in [4.78, 5) is 0. The molecule has 2 aromatic carbocycles. The Labute approximate surface area is 182 Å². The van der Waals surface area contributed by atoms with Gasteiger partial charge in [0.1, 0.15) is 5.75 Å². The first kappa shape index (κ1) is 22.1. The van der Waals surface area contributed by atoms with Gasteiger partial charge < -0.3 is 4.74 Å². The van der Waals surface area contributed by atoms with E-state index >= 15 is 0 Å². The largest absolute Gasteiger partial charge is 0.493 e. The third-order valence-corrected chi connectivity index (χ3v) is 7.33. The van der Waals surface area contributed by atoms with Gasteiger partial charge in [-0.05, 0) is 60.6 Å². The molecular weight excluding hydrogens is 423 g/mol. The Hall–Kier alpha value is -2.14. The Kier molecular flexibility index (Phi) is 9.21. The Morgan fingerprint density at radius 2 is 1.54 bits per heavy atom. The maximum atomic E-state index is 6.20. The summed E-state index contributed by atoms with van der Waals surface area (Å²) in [5, 5.41) is 7.06. The highest BCUT2D eigenvalue weighted by molar-refractivity contribution is 7.78. The van der Waals surface area contributed by atoms with Crippen molar-refractivity contribution in [1.82, 2.24) is 0 Å². The van der Waals surface area contributed by atoms with Crippen LogP contribution in [0.15, 0.2) is 62.5 Å². The summed E-state index contributed by atoms with van der Waals surface area (Å²) < 4.78 is 18.6. The lowest BCUT2D eigenvalue weighted by Crippen LogP contribution is -2.28. The van der Waals surface area contributed by atoms with Gasteiger partial charge in [-0.1, -0.05) is 55.5 Å². The van der Waals surface area contributed by atoms with Crippen molar-refractivity contribution in [3.8, 4) is 16.9 Å². The fraction of sp³-hybridized carbons (Fsp3) is 0.250. The maximum absolute atomic E-state index is 6.20. The van der Waals surface area contributed by atoms with E-state index in [1.165, 1.54) is 0 Å². The van der Waals surface area contributed by atoms with E-state index < -0.39 is 8.56 Å². The molecule has 0 heterocycles. The number of rotatable bonds is 10. The lowest BCUT2D eigenvalue weighted by Gasteiger charge is -2.17. The monoisotopic (exact) mass is 441 g/mol. The van der Waals surface area contributed by atoms with E-state index in [0.717, 1.165) is 28.9 Å². The van der Waals surface area contributed by atoms with Crippen molar-refractivity contribution in [2.24, 2.45) is 14.0 Å². The zero-order valence-corrected chi connectivity index (χ0v) is 18.9. The number of hydrogen-bond donors (Lipinski definition) is 0. The summed E-state index contributed by atoms with van der Waals surface area (Å²) in [5.74, 6) is 0.901. The van der Waals surface area contributed by atoms with Crippen molar-refractivity contribution in [2.75, 3.05) is 6.61 Å². The number of ether oxygens (including phenoxy) is 1. The van der Waals surface area contributed by atoms with E-state index in [1.807, 2.05) is 18.2 Å². The van der Waals surface area contributed by atoms with Gasteiger partial charge in [-0.15, -0.1) is 0 Å². The number of hydrogen-bond acceptors (Lipinski definition) is 7. The SMILES string of the molecule is CCc1cccc(-c2ccccc2)c1OCCC[Si](N=C=S)(N=C=S)N=C=S. The van der Waals surface area contributed by atoms with Crippen LogP contribution in [0.4, 0.5) is 0 Å². The molecule has 0 unspecified atom stereocenters. The molecule has 0 bridgehead atoms. The van der Waals surface area contributed by atoms with Crippen LogP contribution in [0.2, 0.25) is 6.04 Å². The fourth-order valence-electron chi connectivity index (χ4n) is 2.82. The van der Waals surface area contributed by atoms with E-state index in [4.69, 9.17) is 41.4 Å². The summed E-state index contributed by atoms with van der Waals surface area (Å²) in [6, 6.07) is 17.0. The molecule has 0 aromatic heterocycles. The summed E-state index contributed by atoms with van der Waals surface area (Å²) >= 11 is 14.2. The molecule has 0 atom stereocenters. The van der Waals surface area contributed by atoms with Crippen LogP contribution in [-0.4, -0.2) is 30.6 Å². The molecule has 0 N–H and O–H groups in total. The maximum Gasteiger partial charge on any atom is 0.461 e. The van der Waals surface area contributed by atoms with Gasteiger partial charge in [0, 0.05) is 11.6 Å². The van der Waals surface area contributed by atoms with Gasteiger partial charge in [0.2, 0.25) is 0 Å². The van der Waals surface area contributed by atoms with Gasteiger partial charge in [-0.3, -0.25) is 0 Å². The van der Waals surface area contributed by atoms with Gasteiger partial charge in [0.15, 0.2) is 0 Å². The molecule has 4 nitrogen and oxygen atoms in total. The average molecular weight is 442 g/mol. The van der Waals surface area contributed by atoms with Crippen LogP contribution in [0.25, 0.3) is 11.1 Å². The highest BCUT2D eigenvalue weighted by Gasteiger charge is 2.34. The van der Waals surface area contributed by atoms with Crippen LogP contribution in [0.3, 0.4) is 0 Å². The van der Waals surface area contributed by atoms with Gasteiger partial charge >= 0.3 is 8.56 Å². The number of benzene rings is 2. The third-order valence-electron chi connectivity index (χ3n) is 4.14. The van der Waals surface area contributed by atoms with Crippen LogP contribution in [-0.2, 0) is 6.42 Å². The van der Waals surface area contributed by atoms with Crippen molar-refractivity contribution >= 4 is 60.7 Å². The summed E-state index contributed by atoms with van der Waals surface area (Å²) in [5.41, 5.74) is 3.36. The van der Waals surface area contributed by atoms with Crippen LogP contribution in [0.1, 0.15) is 18.9 Å². The van der Waals surface area contributed by atoms with Crippen LogP contribution < -0.4 is 4.74 Å². The summed E-state index contributed by atoms with van der Waals surface area (Å²) in [6.07, 6.45) is 1.55. The molecule has 0 saturated carbocycles. The Balaban J connectivity index is 2.19. The molecule has 28 heavy (non-hydrogen) atoms. The fourth-order valence-corrected chi connectivity index (χ4v) is 5.68. The van der Waals surface area contributed by atoms with Crippen molar-refractivity contribution in [3.05, 3.63) is 54.1 Å². The third kappa shape index (κ3) is 5.93. The average Bonchev–Trinajstić information content (AvgIpc) is 2.72. The quantitative estimate of drug-likeness (QED) is 0.198. The minimum Gasteiger partial charge on any atom is -0.493 e. The number of thiocarbonyl (C=S) groups is 3. The molecule has 0 aliphatic carbocycles. The van der Waals surface area contributed by atoms with Crippen LogP contribution in [0.5, 0.6) is 5.75 Å². The summed E-state index contributed by atoms with van der Waals surface area (Å²) in [6.45, 7) is 2.60. The van der Waals surface area contributed by atoms with E-state index in [9.17, 15) is 0 Å². The molecule has 0 radical (unpaired) electrons. The van der Waals surface area contributed by atoms with E-state index in [0.29, 0.717) is 19.1 Å². The van der Waals surface area contributed by atoms with Crippen LogP contribution in [0, 0.1) is 0 Å². The van der Waals surface area contributed by atoms with Crippen molar-refractivity contribution < 1.29 is 4.74 Å². The normalized spacial score (nSPS) is 11.9. The second-order valence-corrected chi connectivity index (χ2v) is 9.12. The van der Waals surface area contributed by atoms with Crippen molar-refractivity contribution in [3.63, 3.8) is 0 Å². The highest BCUT2D eigenvalue weighted by atomic mass is 32.1. The first-order valence-electron chi connectivity index (χ1n) is 8.77. The number of isothiocyanates is 3. The Morgan fingerprint density at radius 1 is 0.893 bits per heavy atom. The second kappa shape index (κ2) is 11.6. The predicted octanol–water partition coefficient (Wildman–Crippen LogP) is 5.93. The molecule has 142 valence electrons. The topological polar surface area (TPSA) is 46.3 Å². The predicted molar refractivity (Wildman–Crippen MR) is 127 cm³/mol. The molecule has 2 rings (SSSR count). The molecule has 0 aliphatic rings. The van der Waals surface area contributed by atoms with Gasteiger partial charge in [-0.2, -0.15) is 0 Å². The first-order chi connectivity index (χ1) is 13.7. The molecule has 0 amide bonds. The molecular formula is C20H19N3OS3Si. The van der Waals surface area contributed by atoms with E-state index in [1.54, 1.807) is 0 Å². The van der Waals surface area contributed by atoms with Crippen molar-refractivity contribution in [2.45, 2.75) is 25.8 Å². The zero-order chi connectivity index (χ0) is 20.2. The minimum atomic E-state index is -2.88. The Bertz CT molecular complexity index is 903. The van der Waals surface area contributed by atoms with Gasteiger partial charge in [0.05, 0.1) is 22.1 Å². The second-order valence-electron chi connectivity index (χ2n) is 5.85. The molecule has 8 heteroatoms. The van der Waals surface area contributed by atoms with Gasteiger partial charge in [-0.25, -0.2) is 14.0 Å². The summed E-state index contributed by atoms with van der Waals surface area (Å²) in [7, 11) is -2.88. The lowest BCUT2D eigenvalue weighted by molar-refractivity contribution is 0.315. The molecule has 0 spiro atoms. The molecule has 0 fully saturated rings. The van der Waals surface area contributed by atoms with Crippen molar-refractivity contribution in [1.29, 1.82) is 0 Å². The van der Waals surface area contributed by atoms with Gasteiger partial charge in [0.25, 0.3) is 0 Å². The molecule has 2 aromatic rings. The Morgan fingerprint density at radius 3 is 2.11 bits per heavy atom.